The number of fused-ring (bicyclic) bond motifs is 1. The van der Waals surface area contributed by atoms with Crippen molar-refractivity contribution < 1.29 is 17.9 Å². The third kappa shape index (κ3) is 4.03. The molecule has 1 fully saturated rings. The van der Waals surface area contributed by atoms with E-state index in [0.717, 1.165) is 50.0 Å². The molecule has 160 valence electrons. The molecule has 0 saturated carbocycles. The first-order chi connectivity index (χ1) is 14.3. The summed E-state index contributed by atoms with van der Waals surface area (Å²) in [6, 6.07) is 8.44. The first-order valence-corrected chi connectivity index (χ1v) is 10.2. The smallest absolute Gasteiger partial charge is 0.433 e. The van der Waals surface area contributed by atoms with Gasteiger partial charge in [-0.3, -0.25) is 4.90 Å². The topological polar surface area (TPSA) is 41.1 Å². The molecule has 0 bridgehead atoms. The van der Waals surface area contributed by atoms with Crippen molar-refractivity contribution in [2.45, 2.75) is 45.3 Å². The van der Waals surface area contributed by atoms with Gasteiger partial charge in [-0.1, -0.05) is 6.07 Å². The van der Waals surface area contributed by atoms with Gasteiger partial charge in [0.25, 0.3) is 0 Å². The van der Waals surface area contributed by atoms with Crippen molar-refractivity contribution in [2.24, 2.45) is 0 Å². The molecule has 2 aromatic heterocycles. The molecule has 3 heterocycles. The van der Waals surface area contributed by atoms with E-state index in [4.69, 9.17) is 4.74 Å². The van der Waals surface area contributed by atoms with E-state index in [-0.39, 0.29) is 0 Å². The van der Waals surface area contributed by atoms with Crippen LogP contribution in [0, 0.1) is 13.8 Å². The summed E-state index contributed by atoms with van der Waals surface area (Å²) < 4.78 is 44.1. The molecule has 1 aromatic carbocycles. The predicted octanol–water partition coefficient (Wildman–Crippen LogP) is 5.59. The number of hydrogen-bond acceptors (Lipinski definition) is 3. The number of H-pyrrole nitrogens is 1. The van der Waals surface area contributed by atoms with Crippen molar-refractivity contribution in [3.05, 3.63) is 58.4 Å². The van der Waals surface area contributed by atoms with Gasteiger partial charge in [-0.2, -0.15) is 13.2 Å². The summed E-state index contributed by atoms with van der Waals surface area (Å²) in [6.07, 6.45) is -2.49. The zero-order valence-electron chi connectivity index (χ0n) is 17.4. The molecule has 7 heteroatoms. The van der Waals surface area contributed by atoms with E-state index < -0.39 is 11.9 Å². The van der Waals surface area contributed by atoms with Crippen LogP contribution in [0.2, 0.25) is 0 Å². The normalized spacial score (nSPS) is 16.3. The van der Waals surface area contributed by atoms with Gasteiger partial charge in [-0.15, -0.1) is 0 Å². The van der Waals surface area contributed by atoms with Gasteiger partial charge < -0.3 is 9.72 Å². The Morgan fingerprint density at radius 3 is 2.50 bits per heavy atom. The van der Waals surface area contributed by atoms with Gasteiger partial charge in [0, 0.05) is 18.2 Å². The number of ether oxygens (including phenoxy) is 1. The molecule has 0 amide bonds. The van der Waals surface area contributed by atoms with E-state index in [1.807, 2.05) is 6.07 Å². The quantitative estimate of drug-likeness (QED) is 0.602. The SMILES string of the molecule is COc1ccc(CN2CCC(c3cc4nc(C(F)(F)F)ccc4[nH]3)CC2)c(C)c1C. The van der Waals surface area contributed by atoms with Crippen LogP contribution in [0.1, 0.15) is 46.8 Å². The molecular formula is C23H26F3N3O. The molecule has 0 atom stereocenters. The molecule has 4 rings (SSSR count). The lowest BCUT2D eigenvalue weighted by atomic mass is 9.93. The predicted molar refractivity (Wildman–Crippen MR) is 111 cm³/mol. The minimum absolute atomic E-state index is 0.309. The maximum Gasteiger partial charge on any atom is 0.433 e. The van der Waals surface area contributed by atoms with Crippen molar-refractivity contribution in [1.82, 2.24) is 14.9 Å². The maximum atomic E-state index is 12.9. The van der Waals surface area contributed by atoms with Gasteiger partial charge in [-0.05, 0) is 80.7 Å². The van der Waals surface area contributed by atoms with Crippen LogP contribution in [-0.4, -0.2) is 35.1 Å². The summed E-state index contributed by atoms with van der Waals surface area (Å²) in [5.74, 6) is 1.22. The van der Waals surface area contributed by atoms with E-state index in [1.165, 1.54) is 22.8 Å². The highest BCUT2D eigenvalue weighted by atomic mass is 19.4. The summed E-state index contributed by atoms with van der Waals surface area (Å²) in [7, 11) is 1.69. The van der Waals surface area contributed by atoms with Crippen molar-refractivity contribution in [3.8, 4) is 5.75 Å². The Kier molecular flexibility index (Phi) is 5.49. The lowest BCUT2D eigenvalue weighted by molar-refractivity contribution is -0.140. The van der Waals surface area contributed by atoms with Gasteiger partial charge in [0.15, 0.2) is 0 Å². The zero-order chi connectivity index (χ0) is 21.5. The van der Waals surface area contributed by atoms with Crippen molar-refractivity contribution in [1.29, 1.82) is 0 Å². The summed E-state index contributed by atoms with van der Waals surface area (Å²) in [5.41, 5.74) is 4.92. The van der Waals surface area contributed by atoms with Gasteiger partial charge >= 0.3 is 6.18 Å². The number of aromatic amines is 1. The van der Waals surface area contributed by atoms with Crippen molar-refractivity contribution in [2.75, 3.05) is 20.2 Å². The lowest BCUT2D eigenvalue weighted by Gasteiger charge is -2.32. The molecule has 30 heavy (non-hydrogen) atoms. The van der Waals surface area contributed by atoms with E-state index in [2.05, 4.69) is 34.8 Å². The number of hydrogen-bond donors (Lipinski definition) is 1. The minimum atomic E-state index is -4.42. The molecule has 1 aliphatic heterocycles. The largest absolute Gasteiger partial charge is 0.496 e. The molecule has 0 aliphatic carbocycles. The summed E-state index contributed by atoms with van der Waals surface area (Å²) in [4.78, 5) is 9.50. The number of rotatable bonds is 4. The summed E-state index contributed by atoms with van der Waals surface area (Å²) >= 11 is 0. The van der Waals surface area contributed by atoms with Gasteiger partial charge in [0.2, 0.25) is 0 Å². The zero-order valence-corrected chi connectivity index (χ0v) is 17.4. The Labute approximate surface area is 174 Å². The fourth-order valence-electron chi connectivity index (χ4n) is 4.29. The molecule has 0 radical (unpaired) electrons. The van der Waals surface area contributed by atoms with Crippen LogP contribution in [0.4, 0.5) is 13.2 Å². The van der Waals surface area contributed by atoms with Crippen LogP contribution in [0.15, 0.2) is 30.3 Å². The van der Waals surface area contributed by atoms with Crippen LogP contribution in [0.5, 0.6) is 5.75 Å². The molecule has 1 N–H and O–H groups in total. The number of alkyl halides is 3. The molecule has 0 spiro atoms. The van der Waals surface area contributed by atoms with Crippen LogP contribution in [0.3, 0.4) is 0 Å². The average Bonchev–Trinajstić information content (AvgIpc) is 3.15. The Morgan fingerprint density at radius 1 is 1.10 bits per heavy atom. The monoisotopic (exact) mass is 417 g/mol. The van der Waals surface area contributed by atoms with Crippen molar-refractivity contribution in [3.63, 3.8) is 0 Å². The number of aromatic nitrogens is 2. The van der Waals surface area contributed by atoms with Crippen LogP contribution in [-0.2, 0) is 12.7 Å². The maximum absolute atomic E-state index is 12.9. The molecule has 3 aromatic rings. The number of piperidine rings is 1. The fourth-order valence-corrected chi connectivity index (χ4v) is 4.29. The van der Waals surface area contributed by atoms with E-state index in [9.17, 15) is 13.2 Å². The Balaban J connectivity index is 1.43. The van der Waals surface area contributed by atoms with E-state index >= 15 is 0 Å². The number of nitrogens with zero attached hydrogens (tertiary/aromatic N) is 2. The molecular weight excluding hydrogens is 391 g/mol. The average molecular weight is 417 g/mol. The first kappa shape index (κ1) is 20.7. The van der Waals surface area contributed by atoms with Crippen LogP contribution in [0.25, 0.3) is 11.0 Å². The number of pyridine rings is 1. The summed E-state index contributed by atoms with van der Waals surface area (Å²) in [5, 5.41) is 0. The van der Waals surface area contributed by atoms with E-state index in [1.54, 1.807) is 13.2 Å². The third-order valence-corrected chi connectivity index (χ3v) is 6.28. The third-order valence-electron chi connectivity index (χ3n) is 6.28. The number of halogens is 3. The van der Waals surface area contributed by atoms with E-state index in [0.29, 0.717) is 17.0 Å². The lowest BCUT2D eigenvalue weighted by Crippen LogP contribution is -2.32. The molecule has 0 unspecified atom stereocenters. The second-order valence-electron chi connectivity index (χ2n) is 8.08. The van der Waals surface area contributed by atoms with Gasteiger partial charge in [0.05, 0.1) is 18.1 Å². The minimum Gasteiger partial charge on any atom is -0.496 e. The van der Waals surface area contributed by atoms with Gasteiger partial charge in [-0.25, -0.2) is 4.98 Å². The van der Waals surface area contributed by atoms with Crippen molar-refractivity contribution >= 4 is 11.0 Å². The second-order valence-corrected chi connectivity index (χ2v) is 8.08. The Morgan fingerprint density at radius 2 is 1.83 bits per heavy atom. The van der Waals surface area contributed by atoms with Crippen LogP contribution < -0.4 is 4.74 Å². The highest BCUT2D eigenvalue weighted by Gasteiger charge is 2.32. The summed E-state index contributed by atoms with van der Waals surface area (Å²) in [6.45, 7) is 7.01. The standard InChI is InChI=1S/C23H26F3N3O/c1-14-15(2)21(30-3)6-4-17(14)13-29-10-8-16(9-11-29)19-12-20-18(27-19)5-7-22(28-20)23(24,25)26/h4-7,12,16,27H,8-11,13H2,1-3H3. The second kappa shape index (κ2) is 7.95. The number of methoxy groups -OCH3 is 1. The van der Waals surface area contributed by atoms with Gasteiger partial charge in [0.1, 0.15) is 11.4 Å². The van der Waals surface area contributed by atoms with Crippen LogP contribution >= 0.6 is 0 Å². The molecule has 1 aliphatic rings. The Bertz CT molecular complexity index is 1050. The molecule has 4 nitrogen and oxygen atoms in total. The highest BCUT2D eigenvalue weighted by Crippen LogP contribution is 2.33. The number of nitrogens with one attached hydrogen (secondary N) is 1. The number of likely N-dealkylation sites (tertiary alicyclic amines) is 1. The number of benzene rings is 1. The highest BCUT2D eigenvalue weighted by molar-refractivity contribution is 5.76. The fraction of sp³-hybridized carbons (Fsp3) is 0.435. The Hall–Kier alpha value is -2.54. The first-order valence-electron chi connectivity index (χ1n) is 10.2. The molecule has 1 saturated heterocycles.